The van der Waals surface area contributed by atoms with E-state index in [4.69, 9.17) is 5.11 Å². The van der Waals surface area contributed by atoms with Crippen molar-refractivity contribution in [3.8, 4) is 0 Å². The lowest BCUT2D eigenvalue weighted by molar-refractivity contribution is 0.0696. The highest BCUT2D eigenvalue weighted by atomic mass is 16.4. The van der Waals surface area contributed by atoms with Crippen LogP contribution in [0.3, 0.4) is 0 Å². The molecule has 1 aromatic heterocycles. The van der Waals surface area contributed by atoms with E-state index in [9.17, 15) is 9.59 Å². The Morgan fingerprint density at radius 3 is 2.37 bits per heavy atom. The second-order valence-electron chi connectivity index (χ2n) is 4.57. The molecule has 0 amide bonds. The number of benzene rings is 1. The molecule has 1 aromatic carbocycles. The standard InChI is InChI=1S/C15H15NO3/c1-10-6-14(17)7-11(2)16(10)9-12-4-3-5-13(8-12)15(18)19/h3-8H,9H2,1-2H3,(H,18,19). The van der Waals surface area contributed by atoms with Crippen LogP contribution in [0.2, 0.25) is 0 Å². The van der Waals surface area contributed by atoms with E-state index < -0.39 is 5.97 Å². The molecule has 0 saturated heterocycles. The van der Waals surface area contributed by atoms with E-state index in [0.29, 0.717) is 6.54 Å². The third-order valence-electron chi connectivity index (χ3n) is 3.07. The zero-order valence-electron chi connectivity index (χ0n) is 10.9. The summed E-state index contributed by atoms with van der Waals surface area (Å²) in [4.78, 5) is 22.3. The maximum atomic E-state index is 11.4. The number of rotatable bonds is 3. The predicted octanol–water partition coefficient (Wildman–Crippen LogP) is 2.21. The summed E-state index contributed by atoms with van der Waals surface area (Å²) in [6.07, 6.45) is 0. The molecule has 4 heteroatoms. The van der Waals surface area contributed by atoms with E-state index in [2.05, 4.69) is 0 Å². The second-order valence-corrected chi connectivity index (χ2v) is 4.57. The topological polar surface area (TPSA) is 59.3 Å². The fourth-order valence-corrected chi connectivity index (χ4v) is 2.12. The van der Waals surface area contributed by atoms with Crippen molar-refractivity contribution in [3.63, 3.8) is 0 Å². The van der Waals surface area contributed by atoms with Gasteiger partial charge in [0.05, 0.1) is 5.56 Å². The summed E-state index contributed by atoms with van der Waals surface area (Å²) >= 11 is 0. The summed E-state index contributed by atoms with van der Waals surface area (Å²) in [5.41, 5.74) is 2.89. The molecule has 0 aliphatic heterocycles. The number of aryl methyl sites for hydroxylation is 2. The Morgan fingerprint density at radius 1 is 1.16 bits per heavy atom. The smallest absolute Gasteiger partial charge is 0.335 e. The molecule has 0 unspecified atom stereocenters. The molecule has 0 aliphatic rings. The molecule has 1 N–H and O–H groups in total. The lowest BCUT2D eigenvalue weighted by Gasteiger charge is -2.14. The maximum absolute atomic E-state index is 11.4. The average molecular weight is 257 g/mol. The fraction of sp³-hybridized carbons (Fsp3) is 0.200. The number of hydrogen-bond acceptors (Lipinski definition) is 2. The highest BCUT2D eigenvalue weighted by molar-refractivity contribution is 5.87. The van der Waals surface area contributed by atoms with E-state index in [1.807, 2.05) is 24.5 Å². The van der Waals surface area contributed by atoms with Crippen molar-refractivity contribution in [2.75, 3.05) is 0 Å². The van der Waals surface area contributed by atoms with Crippen LogP contribution in [0.1, 0.15) is 27.3 Å². The van der Waals surface area contributed by atoms with Crippen LogP contribution in [0.25, 0.3) is 0 Å². The van der Waals surface area contributed by atoms with Gasteiger partial charge in [0.2, 0.25) is 0 Å². The molecule has 0 spiro atoms. The van der Waals surface area contributed by atoms with Crippen molar-refractivity contribution in [3.05, 3.63) is 69.1 Å². The van der Waals surface area contributed by atoms with Crippen molar-refractivity contribution in [1.29, 1.82) is 0 Å². The van der Waals surface area contributed by atoms with E-state index in [-0.39, 0.29) is 11.0 Å². The minimum Gasteiger partial charge on any atom is -0.478 e. The van der Waals surface area contributed by atoms with E-state index >= 15 is 0 Å². The molecule has 0 bridgehead atoms. The molecule has 2 aromatic rings. The number of hydrogen-bond donors (Lipinski definition) is 1. The van der Waals surface area contributed by atoms with Crippen LogP contribution in [0.15, 0.2) is 41.2 Å². The molecule has 1 heterocycles. The maximum Gasteiger partial charge on any atom is 0.335 e. The van der Waals surface area contributed by atoms with E-state index in [1.165, 1.54) is 0 Å². The SMILES string of the molecule is Cc1cc(=O)cc(C)n1Cc1cccc(C(=O)O)c1. The number of nitrogens with zero attached hydrogens (tertiary/aromatic N) is 1. The number of carboxylic acid groups (broad SMARTS) is 1. The third kappa shape index (κ3) is 2.91. The lowest BCUT2D eigenvalue weighted by atomic mass is 10.1. The molecule has 0 saturated carbocycles. The zero-order valence-corrected chi connectivity index (χ0v) is 10.9. The Kier molecular flexibility index (Phi) is 3.51. The predicted molar refractivity (Wildman–Crippen MR) is 72.7 cm³/mol. The molecular weight excluding hydrogens is 242 g/mol. The normalized spacial score (nSPS) is 10.4. The number of aromatic carboxylic acids is 1. The summed E-state index contributed by atoms with van der Waals surface area (Å²) < 4.78 is 1.99. The van der Waals surface area contributed by atoms with Crippen LogP contribution in [0.5, 0.6) is 0 Å². The Morgan fingerprint density at radius 2 is 1.79 bits per heavy atom. The number of pyridine rings is 1. The minimum absolute atomic E-state index is 0.00876. The summed E-state index contributed by atoms with van der Waals surface area (Å²) in [5, 5.41) is 8.97. The quantitative estimate of drug-likeness (QED) is 0.917. The molecule has 2 rings (SSSR count). The highest BCUT2D eigenvalue weighted by Gasteiger charge is 2.06. The van der Waals surface area contributed by atoms with Gasteiger partial charge in [-0.2, -0.15) is 0 Å². The van der Waals surface area contributed by atoms with Gasteiger partial charge in [-0.3, -0.25) is 4.79 Å². The number of aromatic nitrogens is 1. The van der Waals surface area contributed by atoms with Gasteiger partial charge in [0.1, 0.15) is 0 Å². The summed E-state index contributed by atoms with van der Waals surface area (Å²) in [6.45, 7) is 4.30. The lowest BCUT2D eigenvalue weighted by Crippen LogP contribution is -2.14. The first-order valence-corrected chi connectivity index (χ1v) is 5.97. The number of carbonyl (C=O) groups is 1. The Hall–Kier alpha value is -2.36. The summed E-state index contributed by atoms with van der Waals surface area (Å²) in [6, 6.07) is 9.98. The zero-order chi connectivity index (χ0) is 14.0. The van der Waals surface area contributed by atoms with Gasteiger partial charge >= 0.3 is 5.97 Å². The van der Waals surface area contributed by atoms with Crippen molar-refractivity contribution in [1.82, 2.24) is 4.57 Å². The molecule has 0 radical (unpaired) electrons. The van der Waals surface area contributed by atoms with E-state index in [1.54, 1.807) is 30.3 Å². The van der Waals surface area contributed by atoms with Crippen molar-refractivity contribution in [2.45, 2.75) is 20.4 Å². The van der Waals surface area contributed by atoms with Gasteiger partial charge in [0.15, 0.2) is 5.43 Å². The Bertz CT molecular complexity index is 660. The van der Waals surface area contributed by atoms with E-state index in [0.717, 1.165) is 17.0 Å². The first-order chi connectivity index (χ1) is 8.97. The summed E-state index contributed by atoms with van der Waals surface area (Å²) in [7, 11) is 0. The molecule has 0 fully saturated rings. The third-order valence-corrected chi connectivity index (χ3v) is 3.07. The first kappa shape index (κ1) is 13.1. The molecule has 19 heavy (non-hydrogen) atoms. The van der Waals surface area contributed by atoms with Crippen LogP contribution in [-0.2, 0) is 6.54 Å². The van der Waals surface area contributed by atoms with Gasteiger partial charge in [-0.25, -0.2) is 4.79 Å². The summed E-state index contributed by atoms with van der Waals surface area (Å²) in [5.74, 6) is -0.935. The molecule has 4 nitrogen and oxygen atoms in total. The molecule has 98 valence electrons. The van der Waals surface area contributed by atoms with Crippen molar-refractivity contribution < 1.29 is 9.90 Å². The highest BCUT2D eigenvalue weighted by Crippen LogP contribution is 2.10. The van der Waals surface area contributed by atoms with Gasteiger partial charge in [-0.05, 0) is 31.5 Å². The van der Waals surface area contributed by atoms with Gasteiger partial charge in [-0.15, -0.1) is 0 Å². The monoisotopic (exact) mass is 257 g/mol. The van der Waals surface area contributed by atoms with Gasteiger partial charge in [0.25, 0.3) is 0 Å². The molecule has 0 atom stereocenters. The van der Waals surface area contributed by atoms with Gasteiger partial charge < -0.3 is 9.67 Å². The second kappa shape index (κ2) is 5.10. The van der Waals surface area contributed by atoms with Crippen LogP contribution < -0.4 is 5.43 Å². The molecule has 0 aliphatic carbocycles. The fourth-order valence-electron chi connectivity index (χ4n) is 2.12. The van der Waals surface area contributed by atoms with Crippen LogP contribution in [0.4, 0.5) is 0 Å². The van der Waals surface area contributed by atoms with Gasteiger partial charge in [-0.1, -0.05) is 12.1 Å². The molecular formula is C15H15NO3. The Labute approximate surface area is 110 Å². The van der Waals surface area contributed by atoms with Crippen LogP contribution in [0, 0.1) is 13.8 Å². The van der Waals surface area contributed by atoms with Crippen molar-refractivity contribution >= 4 is 5.97 Å². The average Bonchev–Trinajstić information content (AvgIpc) is 2.34. The van der Waals surface area contributed by atoms with Crippen LogP contribution in [-0.4, -0.2) is 15.6 Å². The minimum atomic E-state index is -0.935. The number of carboxylic acids is 1. The first-order valence-electron chi connectivity index (χ1n) is 5.97. The Balaban J connectivity index is 2.39. The van der Waals surface area contributed by atoms with Gasteiger partial charge in [0, 0.05) is 30.1 Å². The van der Waals surface area contributed by atoms with Crippen molar-refractivity contribution in [2.24, 2.45) is 0 Å². The largest absolute Gasteiger partial charge is 0.478 e. The van der Waals surface area contributed by atoms with Crippen LogP contribution >= 0.6 is 0 Å².